The maximum absolute atomic E-state index is 12.5. The van der Waals surface area contributed by atoms with E-state index in [0.717, 1.165) is 24.5 Å². The molecule has 0 atom stereocenters. The number of phenolic OH excluding ortho intramolecular Hbond substituents is 3. The van der Waals surface area contributed by atoms with Gasteiger partial charge < -0.3 is 15.3 Å². The molecule has 0 aliphatic rings. The van der Waals surface area contributed by atoms with Crippen LogP contribution in [0, 0.1) is 0 Å². The number of carbonyl (C=O) groups is 1. The third-order valence-corrected chi connectivity index (χ3v) is 5.10. The van der Waals surface area contributed by atoms with Gasteiger partial charge in [0.05, 0.1) is 11.1 Å². The molecular weight excluding hydrogens is 352 g/mol. The highest BCUT2D eigenvalue weighted by atomic mass is 16.3. The first-order valence-corrected chi connectivity index (χ1v) is 10.4. The lowest BCUT2D eigenvalue weighted by molar-refractivity contribution is 0.103. The Hall–Kier alpha value is -2.49. The molecule has 0 spiro atoms. The van der Waals surface area contributed by atoms with E-state index in [0.29, 0.717) is 0 Å². The minimum absolute atomic E-state index is 0.0554. The van der Waals surface area contributed by atoms with Gasteiger partial charge in [-0.15, -0.1) is 0 Å². The van der Waals surface area contributed by atoms with E-state index in [1.807, 2.05) is 6.07 Å². The van der Waals surface area contributed by atoms with Crippen molar-refractivity contribution in [3.05, 3.63) is 53.1 Å². The van der Waals surface area contributed by atoms with Crippen LogP contribution < -0.4 is 0 Å². The fraction of sp³-hybridized carbons (Fsp3) is 0.458. The van der Waals surface area contributed by atoms with Crippen LogP contribution >= 0.6 is 0 Å². The molecule has 152 valence electrons. The van der Waals surface area contributed by atoms with E-state index >= 15 is 0 Å². The standard InChI is InChI=1S/C24H32O4/c1-2-3-4-5-6-7-8-9-10-11-18-12-14-20(22(26)16-18)24(28)21-15-13-19(25)17-23(21)27/h12-17,25-27H,2-11H2,1H3. The normalized spacial score (nSPS) is 10.9. The van der Waals surface area contributed by atoms with Gasteiger partial charge in [0.25, 0.3) is 0 Å². The van der Waals surface area contributed by atoms with Gasteiger partial charge in [-0.25, -0.2) is 0 Å². The summed E-state index contributed by atoms with van der Waals surface area (Å²) in [6, 6.07) is 8.89. The summed E-state index contributed by atoms with van der Waals surface area (Å²) >= 11 is 0. The van der Waals surface area contributed by atoms with E-state index in [9.17, 15) is 20.1 Å². The van der Waals surface area contributed by atoms with Crippen LogP contribution in [0.2, 0.25) is 0 Å². The molecule has 0 aromatic heterocycles. The molecule has 2 aromatic rings. The summed E-state index contributed by atoms with van der Waals surface area (Å²) in [6.45, 7) is 2.23. The number of ketones is 1. The second-order valence-corrected chi connectivity index (χ2v) is 7.46. The molecule has 2 rings (SSSR count). The highest BCUT2D eigenvalue weighted by molar-refractivity contribution is 6.12. The fourth-order valence-corrected chi connectivity index (χ4v) is 3.42. The van der Waals surface area contributed by atoms with Gasteiger partial charge >= 0.3 is 0 Å². The first kappa shape index (κ1) is 21.8. The van der Waals surface area contributed by atoms with Crippen LogP contribution in [0.1, 0.15) is 86.2 Å². The van der Waals surface area contributed by atoms with Crippen LogP contribution in [0.5, 0.6) is 17.2 Å². The van der Waals surface area contributed by atoms with E-state index < -0.39 is 5.78 Å². The average molecular weight is 385 g/mol. The predicted molar refractivity (Wildman–Crippen MR) is 112 cm³/mol. The van der Waals surface area contributed by atoms with E-state index in [1.54, 1.807) is 12.1 Å². The zero-order valence-electron chi connectivity index (χ0n) is 16.8. The molecule has 3 N–H and O–H groups in total. The first-order chi connectivity index (χ1) is 13.5. The molecule has 0 unspecified atom stereocenters. The minimum Gasteiger partial charge on any atom is -0.508 e. The topological polar surface area (TPSA) is 77.8 Å². The van der Waals surface area contributed by atoms with Crippen LogP contribution in [0.3, 0.4) is 0 Å². The van der Waals surface area contributed by atoms with Crippen molar-refractivity contribution in [3.8, 4) is 17.2 Å². The number of hydrogen-bond acceptors (Lipinski definition) is 4. The lowest BCUT2D eigenvalue weighted by Gasteiger charge is -2.09. The molecule has 0 aliphatic heterocycles. The van der Waals surface area contributed by atoms with Gasteiger partial charge in [-0.2, -0.15) is 0 Å². The van der Waals surface area contributed by atoms with Crippen LogP contribution in [0.25, 0.3) is 0 Å². The Morgan fingerprint density at radius 1 is 0.714 bits per heavy atom. The van der Waals surface area contributed by atoms with Crippen molar-refractivity contribution >= 4 is 5.78 Å². The van der Waals surface area contributed by atoms with Crippen LogP contribution in [0.4, 0.5) is 0 Å². The molecule has 28 heavy (non-hydrogen) atoms. The largest absolute Gasteiger partial charge is 0.508 e. The number of hydrogen-bond donors (Lipinski definition) is 3. The molecule has 0 fully saturated rings. The van der Waals surface area contributed by atoms with Crippen molar-refractivity contribution in [1.29, 1.82) is 0 Å². The van der Waals surface area contributed by atoms with E-state index in [2.05, 4.69) is 6.92 Å². The quantitative estimate of drug-likeness (QED) is 0.305. The molecule has 0 amide bonds. The summed E-state index contributed by atoms with van der Waals surface area (Å²) in [7, 11) is 0. The number of unbranched alkanes of at least 4 members (excludes halogenated alkanes) is 8. The lowest BCUT2D eigenvalue weighted by atomic mass is 9.98. The number of phenols is 3. The second-order valence-electron chi connectivity index (χ2n) is 7.46. The van der Waals surface area contributed by atoms with E-state index in [1.165, 1.54) is 63.5 Å². The van der Waals surface area contributed by atoms with Crippen molar-refractivity contribution in [2.24, 2.45) is 0 Å². The summed E-state index contributed by atoms with van der Waals surface area (Å²) in [5.41, 5.74) is 1.21. The second kappa shape index (κ2) is 11.4. The number of carbonyl (C=O) groups excluding carboxylic acids is 1. The minimum atomic E-state index is -0.468. The Morgan fingerprint density at radius 3 is 1.82 bits per heavy atom. The molecular formula is C24H32O4. The van der Waals surface area contributed by atoms with Gasteiger partial charge in [-0.05, 0) is 42.7 Å². The molecule has 0 bridgehead atoms. The maximum atomic E-state index is 12.5. The van der Waals surface area contributed by atoms with Gasteiger partial charge in [0.15, 0.2) is 5.78 Å². The molecule has 0 saturated heterocycles. The lowest BCUT2D eigenvalue weighted by Crippen LogP contribution is -2.02. The van der Waals surface area contributed by atoms with Crippen LogP contribution in [0.15, 0.2) is 36.4 Å². The van der Waals surface area contributed by atoms with E-state index in [4.69, 9.17) is 0 Å². The fourth-order valence-electron chi connectivity index (χ4n) is 3.42. The maximum Gasteiger partial charge on any atom is 0.200 e. The Bertz CT molecular complexity index is 767. The Kier molecular flexibility index (Phi) is 8.86. The smallest absolute Gasteiger partial charge is 0.200 e. The van der Waals surface area contributed by atoms with Crippen molar-refractivity contribution in [3.63, 3.8) is 0 Å². The van der Waals surface area contributed by atoms with Gasteiger partial charge in [-0.1, -0.05) is 64.4 Å². The summed E-state index contributed by atoms with van der Waals surface area (Å²) in [5, 5.41) is 29.5. The molecule has 4 heteroatoms. The van der Waals surface area contributed by atoms with Crippen molar-refractivity contribution in [1.82, 2.24) is 0 Å². The first-order valence-electron chi connectivity index (χ1n) is 10.4. The monoisotopic (exact) mass is 384 g/mol. The van der Waals surface area contributed by atoms with Crippen molar-refractivity contribution < 1.29 is 20.1 Å². The van der Waals surface area contributed by atoms with Crippen LogP contribution in [-0.2, 0) is 6.42 Å². The van der Waals surface area contributed by atoms with Gasteiger partial charge in [0, 0.05) is 6.07 Å². The third kappa shape index (κ3) is 6.59. The molecule has 0 heterocycles. The summed E-state index contributed by atoms with van der Waals surface area (Å²) in [6.07, 6.45) is 12.3. The zero-order chi connectivity index (χ0) is 20.4. The Balaban J connectivity index is 1.81. The molecule has 0 aliphatic carbocycles. The molecule has 2 aromatic carbocycles. The van der Waals surface area contributed by atoms with E-state index in [-0.39, 0.29) is 28.4 Å². The predicted octanol–water partition coefficient (Wildman–Crippen LogP) is 6.11. The molecule has 4 nitrogen and oxygen atoms in total. The third-order valence-electron chi connectivity index (χ3n) is 5.10. The molecule has 0 saturated carbocycles. The van der Waals surface area contributed by atoms with Crippen molar-refractivity contribution in [2.75, 3.05) is 0 Å². The number of aromatic hydroxyl groups is 3. The summed E-state index contributed by atoms with van der Waals surface area (Å²) in [5.74, 6) is -0.965. The Labute approximate surface area is 167 Å². The summed E-state index contributed by atoms with van der Waals surface area (Å²) in [4.78, 5) is 12.5. The number of aryl methyl sites for hydroxylation is 1. The SMILES string of the molecule is CCCCCCCCCCCc1ccc(C(=O)c2ccc(O)cc2O)c(O)c1. The highest BCUT2D eigenvalue weighted by Crippen LogP contribution is 2.29. The highest BCUT2D eigenvalue weighted by Gasteiger charge is 2.17. The number of rotatable bonds is 12. The van der Waals surface area contributed by atoms with Gasteiger partial charge in [0.2, 0.25) is 0 Å². The summed E-state index contributed by atoms with van der Waals surface area (Å²) < 4.78 is 0. The average Bonchev–Trinajstić information content (AvgIpc) is 2.66. The van der Waals surface area contributed by atoms with Crippen molar-refractivity contribution in [2.45, 2.75) is 71.1 Å². The van der Waals surface area contributed by atoms with Gasteiger partial charge in [0.1, 0.15) is 17.2 Å². The van der Waals surface area contributed by atoms with Crippen LogP contribution in [-0.4, -0.2) is 21.1 Å². The molecule has 0 radical (unpaired) electrons. The van der Waals surface area contributed by atoms with Gasteiger partial charge in [-0.3, -0.25) is 4.79 Å². The zero-order valence-corrected chi connectivity index (χ0v) is 16.8. The Morgan fingerprint density at radius 2 is 1.25 bits per heavy atom. The number of benzene rings is 2.